The van der Waals surface area contributed by atoms with Crippen LogP contribution in [0.25, 0.3) is 0 Å². The van der Waals surface area contributed by atoms with Gasteiger partial charge in [0.2, 0.25) is 7.44 Å². The summed E-state index contributed by atoms with van der Waals surface area (Å²) in [5, 5.41) is 16.2. The molecule has 0 fully saturated rings. The summed E-state index contributed by atoms with van der Waals surface area (Å²) in [5.74, 6) is 1.29. The first-order chi connectivity index (χ1) is 14.4. The summed E-state index contributed by atoms with van der Waals surface area (Å²) in [6.07, 6.45) is 2.78. The zero-order valence-corrected chi connectivity index (χ0v) is 21.4. The van der Waals surface area contributed by atoms with Gasteiger partial charge in [-0.25, -0.2) is 5.09 Å². The molecule has 3 N–H and O–H groups in total. The molecular weight excluding hydrogens is 407 g/mol. The number of ether oxygens (including phenoxy) is 1. The van der Waals surface area contributed by atoms with Crippen LogP contribution in [0.1, 0.15) is 72.4 Å². The van der Waals surface area contributed by atoms with E-state index in [4.69, 9.17) is 4.74 Å². The van der Waals surface area contributed by atoms with E-state index in [1.807, 2.05) is 53.7 Å². The first-order valence-corrected chi connectivity index (χ1v) is 12.9. The molecule has 0 amide bonds. The summed E-state index contributed by atoms with van der Waals surface area (Å²) in [7, 11) is -2.81. The van der Waals surface area contributed by atoms with Gasteiger partial charge in [-0.05, 0) is 81.4 Å². The van der Waals surface area contributed by atoms with E-state index < -0.39 is 7.44 Å². The minimum atomic E-state index is -2.81. The summed E-state index contributed by atoms with van der Waals surface area (Å²) < 4.78 is 18.8. The lowest BCUT2D eigenvalue weighted by molar-refractivity contribution is 0.260. The van der Waals surface area contributed by atoms with E-state index in [2.05, 4.69) is 36.7 Å². The van der Waals surface area contributed by atoms with Crippen LogP contribution in [0.4, 0.5) is 0 Å². The van der Waals surface area contributed by atoms with Crippen LogP contribution in [-0.4, -0.2) is 24.0 Å². The summed E-state index contributed by atoms with van der Waals surface area (Å²) in [6.45, 7) is 20.7. The fourth-order valence-corrected chi connectivity index (χ4v) is 5.42. The second-order valence-electron chi connectivity index (χ2n) is 8.73. The number of aromatic hydroxyl groups is 1. The quantitative estimate of drug-likeness (QED) is 0.190. The zero-order chi connectivity index (χ0) is 23.8. The van der Waals surface area contributed by atoms with E-state index in [9.17, 15) is 9.67 Å². The van der Waals surface area contributed by atoms with E-state index >= 15 is 0 Å². The van der Waals surface area contributed by atoms with Gasteiger partial charge in [-0.2, -0.15) is 0 Å². The Morgan fingerprint density at radius 2 is 1.87 bits per heavy atom. The van der Waals surface area contributed by atoms with Crippen molar-refractivity contribution in [3.05, 3.63) is 64.5 Å². The monoisotopic (exact) mass is 448 g/mol. The van der Waals surface area contributed by atoms with Gasteiger partial charge in [0.1, 0.15) is 5.75 Å². The topological polar surface area (TPSA) is 70.6 Å². The number of hydrogen-bond donors (Lipinski definition) is 3. The SMILES string of the molecule is C=C(C)/C(Cc1ccc(O)c(C(C)C)c1)=C(C)\C=C(/C)OCP(=O)(NCC)NC(C)C. The van der Waals surface area contributed by atoms with Crippen molar-refractivity contribution in [3.63, 3.8) is 0 Å². The molecule has 0 saturated carbocycles. The van der Waals surface area contributed by atoms with Gasteiger partial charge in [-0.1, -0.05) is 45.1 Å². The van der Waals surface area contributed by atoms with Crippen LogP contribution in [0.5, 0.6) is 5.75 Å². The van der Waals surface area contributed by atoms with Crippen LogP contribution in [0.2, 0.25) is 0 Å². The maximum Gasteiger partial charge on any atom is 0.247 e. The molecule has 0 aliphatic carbocycles. The van der Waals surface area contributed by atoms with Crippen LogP contribution in [0.3, 0.4) is 0 Å². The minimum absolute atomic E-state index is 0.0900. The van der Waals surface area contributed by atoms with Gasteiger partial charge >= 0.3 is 0 Å². The molecule has 0 radical (unpaired) electrons. The molecule has 1 unspecified atom stereocenters. The molecule has 0 saturated heterocycles. The average Bonchev–Trinajstić information content (AvgIpc) is 2.64. The fourth-order valence-electron chi connectivity index (χ4n) is 3.43. The predicted octanol–water partition coefficient (Wildman–Crippen LogP) is 6.63. The van der Waals surface area contributed by atoms with E-state index in [-0.39, 0.29) is 18.3 Å². The van der Waals surface area contributed by atoms with Gasteiger partial charge in [0.05, 0.1) is 5.76 Å². The Morgan fingerprint density at radius 1 is 1.23 bits per heavy atom. The van der Waals surface area contributed by atoms with Gasteiger partial charge in [0, 0.05) is 12.6 Å². The second-order valence-corrected chi connectivity index (χ2v) is 11.0. The van der Waals surface area contributed by atoms with Gasteiger partial charge in [0.25, 0.3) is 0 Å². The first kappa shape index (κ1) is 27.2. The Balaban J connectivity index is 3.07. The summed E-state index contributed by atoms with van der Waals surface area (Å²) >= 11 is 0. The van der Waals surface area contributed by atoms with Gasteiger partial charge in [-0.3, -0.25) is 9.65 Å². The molecule has 0 spiro atoms. The molecule has 1 rings (SSSR count). The number of benzene rings is 1. The van der Waals surface area contributed by atoms with Gasteiger partial charge in [-0.15, -0.1) is 0 Å². The maximum atomic E-state index is 13.0. The highest BCUT2D eigenvalue weighted by molar-refractivity contribution is 7.59. The third-order valence-electron chi connectivity index (χ3n) is 4.86. The third-order valence-corrected chi connectivity index (χ3v) is 7.11. The Bertz CT molecular complexity index is 870. The normalized spacial score (nSPS) is 15.1. The molecule has 1 aromatic rings. The Hall–Kier alpha value is -1.81. The lowest BCUT2D eigenvalue weighted by atomic mass is 9.92. The number of phenolic OH excluding ortho intramolecular Hbond substituents is 1. The summed E-state index contributed by atoms with van der Waals surface area (Å²) in [6, 6.07) is 5.87. The van der Waals surface area contributed by atoms with Crippen molar-refractivity contribution in [3.8, 4) is 5.75 Å². The van der Waals surface area contributed by atoms with Crippen LogP contribution in [0.15, 0.2) is 53.3 Å². The molecule has 31 heavy (non-hydrogen) atoms. The van der Waals surface area contributed by atoms with Crippen LogP contribution in [0, 0.1) is 0 Å². The van der Waals surface area contributed by atoms with Crippen molar-refractivity contribution < 1.29 is 14.4 Å². The Labute approximate surface area is 189 Å². The molecular formula is C25H41N2O3P. The van der Waals surface area contributed by atoms with E-state index in [0.717, 1.165) is 34.3 Å². The predicted molar refractivity (Wildman–Crippen MR) is 133 cm³/mol. The molecule has 0 bridgehead atoms. The summed E-state index contributed by atoms with van der Waals surface area (Å²) in [5.41, 5.74) is 5.24. The molecule has 0 aromatic heterocycles. The van der Waals surface area contributed by atoms with E-state index in [0.29, 0.717) is 18.1 Å². The molecule has 5 nitrogen and oxygen atoms in total. The van der Waals surface area contributed by atoms with Crippen molar-refractivity contribution in [2.24, 2.45) is 0 Å². The standard InChI is InChI=1S/C25H41N2O3P/c1-10-26-31(29,27-19(6)7)16-30-21(9)13-20(8)23(17(2)3)14-22-11-12-25(28)24(15-22)18(4)5/h11-13,15,18-19,28H,2,10,14,16H2,1,3-9H3,(H2,26,27,29)/b21-13+,23-20-. The maximum absolute atomic E-state index is 13.0. The van der Waals surface area contributed by atoms with E-state index in [1.54, 1.807) is 6.07 Å². The van der Waals surface area contributed by atoms with Crippen LogP contribution in [-0.2, 0) is 15.7 Å². The Kier molecular flexibility index (Phi) is 10.8. The molecule has 1 atom stereocenters. The molecule has 0 aliphatic rings. The van der Waals surface area contributed by atoms with Crippen LogP contribution < -0.4 is 10.2 Å². The largest absolute Gasteiger partial charge is 0.508 e. The minimum Gasteiger partial charge on any atom is -0.508 e. The number of nitrogens with one attached hydrogen (secondary N) is 2. The average molecular weight is 449 g/mol. The molecule has 1 aromatic carbocycles. The highest BCUT2D eigenvalue weighted by Gasteiger charge is 2.22. The molecule has 0 heterocycles. The van der Waals surface area contributed by atoms with Crippen molar-refractivity contribution in [2.75, 3.05) is 12.9 Å². The van der Waals surface area contributed by atoms with Crippen molar-refractivity contribution in [2.45, 2.75) is 73.8 Å². The van der Waals surface area contributed by atoms with Crippen LogP contribution >= 0.6 is 7.44 Å². The molecule has 174 valence electrons. The lowest BCUT2D eigenvalue weighted by Crippen LogP contribution is -2.29. The fraction of sp³-hybridized carbons (Fsp3) is 0.520. The summed E-state index contributed by atoms with van der Waals surface area (Å²) in [4.78, 5) is 0. The number of hydrogen-bond acceptors (Lipinski definition) is 3. The second kappa shape index (κ2) is 12.3. The van der Waals surface area contributed by atoms with Crippen molar-refractivity contribution >= 4 is 7.44 Å². The first-order valence-electron chi connectivity index (χ1n) is 11.0. The Morgan fingerprint density at radius 3 is 2.39 bits per heavy atom. The zero-order valence-electron chi connectivity index (χ0n) is 20.5. The number of rotatable bonds is 12. The van der Waals surface area contributed by atoms with E-state index in [1.165, 1.54) is 0 Å². The van der Waals surface area contributed by atoms with Crippen molar-refractivity contribution in [1.29, 1.82) is 0 Å². The third kappa shape index (κ3) is 9.06. The van der Waals surface area contributed by atoms with Crippen molar-refractivity contribution in [1.82, 2.24) is 10.2 Å². The number of allylic oxidation sites excluding steroid dienone is 5. The highest BCUT2D eigenvalue weighted by atomic mass is 31.2. The van der Waals surface area contributed by atoms with Gasteiger partial charge < -0.3 is 9.84 Å². The highest BCUT2D eigenvalue weighted by Crippen LogP contribution is 2.37. The molecule has 6 heteroatoms. The number of phenols is 1. The molecule has 0 aliphatic heterocycles. The lowest BCUT2D eigenvalue weighted by Gasteiger charge is -2.23. The smallest absolute Gasteiger partial charge is 0.247 e. The van der Waals surface area contributed by atoms with Gasteiger partial charge in [0.15, 0.2) is 6.35 Å².